The molecule has 0 atom stereocenters. The van der Waals surface area contributed by atoms with E-state index >= 15 is 0 Å². The quantitative estimate of drug-likeness (QED) is 0.775. The van der Waals surface area contributed by atoms with E-state index < -0.39 is 0 Å². The van der Waals surface area contributed by atoms with Crippen LogP contribution in [-0.4, -0.2) is 14.5 Å². The van der Waals surface area contributed by atoms with Crippen molar-refractivity contribution in [2.75, 3.05) is 5.73 Å². The highest BCUT2D eigenvalue weighted by atomic mass is 15.1. The predicted octanol–water partition coefficient (Wildman–Crippen LogP) is 1.41. The normalized spacial score (nSPS) is 10.4. The molecule has 0 unspecified atom stereocenters. The molecule has 2 N–H and O–H groups in total. The van der Waals surface area contributed by atoms with Gasteiger partial charge in [0.25, 0.3) is 0 Å². The molecule has 2 rings (SSSR count). The zero-order valence-electron chi connectivity index (χ0n) is 8.01. The lowest BCUT2D eigenvalue weighted by Gasteiger charge is -2.05. The Labute approximate surface area is 82.4 Å². The van der Waals surface area contributed by atoms with Crippen LogP contribution >= 0.6 is 0 Å². The van der Waals surface area contributed by atoms with Crippen LogP contribution in [0.1, 0.15) is 12.6 Å². The summed E-state index contributed by atoms with van der Waals surface area (Å²) in [6.07, 6.45) is 6.34. The lowest BCUT2D eigenvalue weighted by molar-refractivity contribution is 0.928. The summed E-state index contributed by atoms with van der Waals surface area (Å²) in [5.74, 6) is 0.534. The van der Waals surface area contributed by atoms with E-state index in [0.29, 0.717) is 5.82 Å². The summed E-state index contributed by atoms with van der Waals surface area (Å²) in [6, 6.07) is 3.72. The van der Waals surface area contributed by atoms with Gasteiger partial charge in [-0.2, -0.15) is 0 Å². The van der Waals surface area contributed by atoms with E-state index in [0.717, 1.165) is 17.8 Å². The number of anilines is 1. The smallest absolute Gasteiger partial charge is 0.123 e. The van der Waals surface area contributed by atoms with Crippen LogP contribution in [0.5, 0.6) is 0 Å². The molecular formula is C10H12N4. The molecule has 0 aromatic carbocycles. The first-order valence-electron chi connectivity index (χ1n) is 4.54. The molecule has 0 saturated carbocycles. The van der Waals surface area contributed by atoms with E-state index in [1.165, 1.54) is 0 Å². The van der Waals surface area contributed by atoms with Crippen LogP contribution in [0.15, 0.2) is 30.9 Å². The maximum Gasteiger partial charge on any atom is 0.123 e. The first kappa shape index (κ1) is 8.74. The van der Waals surface area contributed by atoms with Gasteiger partial charge in [0, 0.05) is 11.9 Å². The summed E-state index contributed by atoms with van der Waals surface area (Å²) in [5.41, 5.74) is 7.67. The van der Waals surface area contributed by atoms with E-state index in [1.54, 1.807) is 18.6 Å². The van der Waals surface area contributed by atoms with Crippen LogP contribution in [0, 0.1) is 0 Å². The molecule has 0 spiro atoms. The van der Waals surface area contributed by atoms with Crippen molar-refractivity contribution in [3.8, 4) is 5.69 Å². The van der Waals surface area contributed by atoms with Gasteiger partial charge in [0.2, 0.25) is 0 Å². The zero-order valence-corrected chi connectivity index (χ0v) is 8.01. The summed E-state index contributed by atoms with van der Waals surface area (Å²) in [4.78, 5) is 8.14. The number of nitrogens with zero attached hydrogens (tertiary/aromatic N) is 3. The Bertz CT molecular complexity index is 416. The molecule has 2 aromatic rings. The SMILES string of the molecule is CCc1cncn1-c1ccc(N)nc1. The van der Waals surface area contributed by atoms with Crippen LogP contribution in [-0.2, 0) is 6.42 Å². The van der Waals surface area contributed by atoms with Gasteiger partial charge in [-0.25, -0.2) is 9.97 Å². The Morgan fingerprint density at radius 1 is 1.36 bits per heavy atom. The van der Waals surface area contributed by atoms with Crippen molar-refractivity contribution >= 4 is 5.82 Å². The molecule has 4 heteroatoms. The Morgan fingerprint density at radius 2 is 2.21 bits per heavy atom. The van der Waals surface area contributed by atoms with E-state index in [2.05, 4.69) is 16.9 Å². The lowest BCUT2D eigenvalue weighted by Crippen LogP contribution is -1.99. The Hall–Kier alpha value is -1.84. The highest BCUT2D eigenvalue weighted by molar-refractivity contribution is 5.38. The summed E-state index contributed by atoms with van der Waals surface area (Å²) >= 11 is 0. The van der Waals surface area contributed by atoms with Gasteiger partial charge in [-0.1, -0.05) is 6.92 Å². The minimum Gasteiger partial charge on any atom is -0.384 e. The fourth-order valence-corrected chi connectivity index (χ4v) is 1.36. The van der Waals surface area contributed by atoms with Gasteiger partial charge in [0.05, 0.1) is 18.2 Å². The third-order valence-corrected chi connectivity index (χ3v) is 2.13. The lowest BCUT2D eigenvalue weighted by atomic mass is 10.3. The van der Waals surface area contributed by atoms with Gasteiger partial charge in [0.15, 0.2) is 0 Å². The van der Waals surface area contributed by atoms with Crippen molar-refractivity contribution in [1.82, 2.24) is 14.5 Å². The van der Waals surface area contributed by atoms with Crippen molar-refractivity contribution in [2.45, 2.75) is 13.3 Å². The third-order valence-electron chi connectivity index (χ3n) is 2.13. The summed E-state index contributed by atoms with van der Waals surface area (Å²) in [6.45, 7) is 2.10. The Balaban J connectivity index is 2.44. The summed E-state index contributed by atoms with van der Waals surface area (Å²) < 4.78 is 2.01. The maximum absolute atomic E-state index is 5.51. The minimum absolute atomic E-state index is 0.534. The molecule has 0 aliphatic rings. The van der Waals surface area contributed by atoms with E-state index in [-0.39, 0.29) is 0 Å². The number of imidazole rings is 1. The monoisotopic (exact) mass is 188 g/mol. The molecule has 0 aliphatic carbocycles. The highest BCUT2D eigenvalue weighted by Gasteiger charge is 2.01. The fourth-order valence-electron chi connectivity index (χ4n) is 1.36. The number of rotatable bonds is 2. The van der Waals surface area contributed by atoms with E-state index in [4.69, 9.17) is 5.73 Å². The average Bonchev–Trinajstić information content (AvgIpc) is 2.67. The minimum atomic E-state index is 0.534. The summed E-state index contributed by atoms with van der Waals surface area (Å²) in [7, 11) is 0. The number of aryl methyl sites for hydroxylation is 1. The highest BCUT2D eigenvalue weighted by Crippen LogP contribution is 2.11. The number of pyridine rings is 1. The maximum atomic E-state index is 5.51. The number of hydrogen-bond acceptors (Lipinski definition) is 3. The number of aromatic nitrogens is 3. The molecule has 2 heterocycles. The molecule has 0 aliphatic heterocycles. The second kappa shape index (κ2) is 3.49. The third kappa shape index (κ3) is 1.46. The van der Waals surface area contributed by atoms with Gasteiger partial charge in [0.1, 0.15) is 5.82 Å². The number of nitrogen functional groups attached to an aromatic ring is 1. The molecule has 0 fully saturated rings. The van der Waals surface area contributed by atoms with Crippen LogP contribution < -0.4 is 5.73 Å². The van der Waals surface area contributed by atoms with Crippen LogP contribution in [0.25, 0.3) is 5.69 Å². The molecule has 2 aromatic heterocycles. The first-order valence-corrected chi connectivity index (χ1v) is 4.54. The summed E-state index contributed by atoms with van der Waals surface area (Å²) in [5, 5.41) is 0. The van der Waals surface area contributed by atoms with Gasteiger partial charge >= 0.3 is 0 Å². The molecule has 4 nitrogen and oxygen atoms in total. The first-order chi connectivity index (χ1) is 6.81. The van der Waals surface area contributed by atoms with E-state index in [1.807, 2.05) is 16.8 Å². The predicted molar refractivity (Wildman–Crippen MR) is 55.1 cm³/mol. The molecule has 0 amide bonds. The van der Waals surface area contributed by atoms with Crippen LogP contribution in [0.2, 0.25) is 0 Å². The number of nitrogens with two attached hydrogens (primary N) is 1. The van der Waals surface area contributed by atoms with Gasteiger partial charge in [-0.05, 0) is 18.6 Å². The van der Waals surface area contributed by atoms with Crippen molar-refractivity contribution in [1.29, 1.82) is 0 Å². The van der Waals surface area contributed by atoms with Crippen molar-refractivity contribution in [2.24, 2.45) is 0 Å². The van der Waals surface area contributed by atoms with Gasteiger partial charge in [-0.3, -0.25) is 0 Å². The molecule has 0 bridgehead atoms. The Morgan fingerprint density at radius 3 is 2.86 bits per heavy atom. The van der Waals surface area contributed by atoms with E-state index in [9.17, 15) is 0 Å². The zero-order chi connectivity index (χ0) is 9.97. The molecular weight excluding hydrogens is 176 g/mol. The molecule has 72 valence electrons. The molecule has 0 saturated heterocycles. The second-order valence-corrected chi connectivity index (χ2v) is 3.05. The Kier molecular flexibility index (Phi) is 2.18. The van der Waals surface area contributed by atoms with Crippen molar-refractivity contribution in [3.05, 3.63) is 36.5 Å². The average molecular weight is 188 g/mol. The van der Waals surface area contributed by atoms with Crippen molar-refractivity contribution < 1.29 is 0 Å². The van der Waals surface area contributed by atoms with Crippen LogP contribution in [0.3, 0.4) is 0 Å². The van der Waals surface area contributed by atoms with Crippen LogP contribution in [0.4, 0.5) is 5.82 Å². The standard InChI is InChI=1S/C10H12N4/c1-2-8-5-12-7-14(8)9-3-4-10(11)13-6-9/h3-7H,2H2,1H3,(H2,11,13). The number of hydrogen-bond donors (Lipinski definition) is 1. The topological polar surface area (TPSA) is 56.7 Å². The van der Waals surface area contributed by atoms with Gasteiger partial charge < -0.3 is 10.3 Å². The largest absolute Gasteiger partial charge is 0.384 e. The molecule has 0 radical (unpaired) electrons. The van der Waals surface area contributed by atoms with Gasteiger partial charge in [-0.15, -0.1) is 0 Å². The second-order valence-electron chi connectivity index (χ2n) is 3.05. The van der Waals surface area contributed by atoms with Crippen molar-refractivity contribution in [3.63, 3.8) is 0 Å². The molecule has 14 heavy (non-hydrogen) atoms. The fraction of sp³-hybridized carbons (Fsp3) is 0.200.